The molecule has 0 unspecified atom stereocenters. The van der Waals surface area contributed by atoms with E-state index in [9.17, 15) is 14.4 Å². The molecule has 4 aromatic carbocycles. The van der Waals surface area contributed by atoms with Gasteiger partial charge in [-0.15, -0.1) is 0 Å². The summed E-state index contributed by atoms with van der Waals surface area (Å²) in [6.45, 7) is 0. The molecular weight excluding hydrogens is 583 g/mol. The summed E-state index contributed by atoms with van der Waals surface area (Å²) in [5.41, 5.74) is 4.21. The van der Waals surface area contributed by atoms with Crippen molar-refractivity contribution in [2.75, 3.05) is 5.32 Å². The van der Waals surface area contributed by atoms with Crippen LogP contribution in [-0.2, 0) is 9.59 Å². The maximum Gasteiger partial charge on any atom is 0.258 e. The smallest absolute Gasteiger partial charge is 0.258 e. The Hall–Kier alpha value is -4.72. The first-order chi connectivity index (χ1) is 20.9. The van der Waals surface area contributed by atoms with Gasteiger partial charge in [0.25, 0.3) is 5.56 Å². The lowest BCUT2D eigenvalue weighted by molar-refractivity contribution is -0.134. The molecule has 214 valence electrons. The average molecular weight is 610 g/mol. The van der Waals surface area contributed by atoms with E-state index in [1.165, 1.54) is 5.01 Å². The number of halogens is 2. The summed E-state index contributed by atoms with van der Waals surface area (Å²) < 4.78 is 0. The van der Waals surface area contributed by atoms with E-state index in [1.54, 1.807) is 36.4 Å². The number of carbonyl (C=O) groups excluding carboxylic acids is 2. The number of nitrogens with one attached hydrogen (secondary N) is 2. The molecule has 0 saturated carbocycles. The second-order valence-electron chi connectivity index (χ2n) is 10.2. The number of hydrazone groups is 1. The first kappa shape index (κ1) is 28.4. The molecule has 1 aliphatic rings. The molecule has 0 saturated heterocycles. The number of benzene rings is 4. The van der Waals surface area contributed by atoms with Crippen LogP contribution in [0.3, 0.4) is 0 Å². The lowest BCUT2D eigenvalue weighted by Gasteiger charge is -2.22. The third-order valence-electron chi connectivity index (χ3n) is 7.37. The fourth-order valence-corrected chi connectivity index (χ4v) is 5.66. The minimum atomic E-state index is -0.443. The first-order valence-corrected chi connectivity index (χ1v) is 14.5. The SMILES string of the molecule is O=C(CCC(=O)N1N=C(c2c(-c3ccccc3)c3cc(Cl)ccc3[nH]c2=O)C[C@@H]1c1ccccc1)Nc1ccc(Cl)cc1. The molecular formula is C34H26Cl2N4O3. The summed E-state index contributed by atoms with van der Waals surface area (Å²) in [7, 11) is 0. The number of rotatable bonds is 7. The Morgan fingerprint density at radius 3 is 2.23 bits per heavy atom. The number of anilines is 1. The summed E-state index contributed by atoms with van der Waals surface area (Å²) in [6, 6.07) is 30.8. The predicted molar refractivity (Wildman–Crippen MR) is 172 cm³/mol. The fourth-order valence-electron chi connectivity index (χ4n) is 5.36. The minimum Gasteiger partial charge on any atom is -0.326 e. The molecule has 1 aromatic heterocycles. The lowest BCUT2D eigenvalue weighted by Crippen LogP contribution is -2.28. The Kier molecular flexibility index (Phi) is 8.09. The Morgan fingerprint density at radius 2 is 1.51 bits per heavy atom. The van der Waals surface area contributed by atoms with E-state index in [2.05, 4.69) is 10.3 Å². The molecule has 2 amide bonds. The monoisotopic (exact) mass is 608 g/mol. The predicted octanol–water partition coefficient (Wildman–Crippen LogP) is 7.60. The Morgan fingerprint density at radius 1 is 0.837 bits per heavy atom. The standard InChI is InChI=1S/C34H26Cl2N4O3/c35-23-11-14-25(15-12-23)37-30(41)17-18-31(42)40-29(21-7-3-1-4-8-21)20-28(39-40)33-32(22-9-5-2-6-10-22)26-19-24(36)13-16-27(26)38-34(33)43/h1-16,19,29H,17-18,20H2,(H,37,41)(H,38,43)/t29-/m1/s1. The van der Waals surface area contributed by atoms with Gasteiger partial charge in [0.2, 0.25) is 11.8 Å². The summed E-state index contributed by atoms with van der Waals surface area (Å²) >= 11 is 12.3. The van der Waals surface area contributed by atoms with Crippen LogP contribution in [0.2, 0.25) is 10.0 Å². The normalized spacial score (nSPS) is 14.5. The molecule has 1 aliphatic heterocycles. The van der Waals surface area contributed by atoms with Gasteiger partial charge < -0.3 is 10.3 Å². The molecule has 7 nitrogen and oxygen atoms in total. The van der Waals surface area contributed by atoms with Crippen LogP contribution in [0.5, 0.6) is 0 Å². The van der Waals surface area contributed by atoms with E-state index in [0.29, 0.717) is 44.5 Å². The van der Waals surface area contributed by atoms with Crippen LogP contribution in [0.4, 0.5) is 5.69 Å². The number of aromatic nitrogens is 1. The molecule has 0 bridgehead atoms. The highest BCUT2D eigenvalue weighted by Crippen LogP contribution is 2.37. The first-order valence-electron chi connectivity index (χ1n) is 13.8. The van der Waals surface area contributed by atoms with Crippen LogP contribution in [0.1, 0.15) is 36.4 Å². The number of hydrogen-bond acceptors (Lipinski definition) is 4. The number of aromatic amines is 1. The largest absolute Gasteiger partial charge is 0.326 e. The fraction of sp³-hybridized carbons (Fsp3) is 0.118. The number of amides is 2. The number of carbonyl (C=O) groups is 2. The van der Waals surface area contributed by atoms with Gasteiger partial charge in [-0.05, 0) is 53.6 Å². The van der Waals surface area contributed by atoms with Gasteiger partial charge in [-0.2, -0.15) is 5.10 Å². The molecule has 43 heavy (non-hydrogen) atoms. The van der Waals surface area contributed by atoms with E-state index in [-0.39, 0.29) is 30.2 Å². The number of H-pyrrole nitrogens is 1. The zero-order chi connectivity index (χ0) is 29.9. The highest BCUT2D eigenvalue weighted by Gasteiger charge is 2.35. The van der Waals surface area contributed by atoms with Crippen molar-refractivity contribution in [3.8, 4) is 11.1 Å². The van der Waals surface area contributed by atoms with Crippen molar-refractivity contribution >= 4 is 57.3 Å². The van der Waals surface area contributed by atoms with Gasteiger partial charge in [-0.3, -0.25) is 14.4 Å². The van der Waals surface area contributed by atoms with Gasteiger partial charge >= 0.3 is 0 Å². The van der Waals surface area contributed by atoms with Gasteiger partial charge in [-0.25, -0.2) is 5.01 Å². The van der Waals surface area contributed by atoms with Crippen LogP contribution in [0.25, 0.3) is 22.0 Å². The third kappa shape index (κ3) is 6.09. The minimum absolute atomic E-state index is 0.0331. The van der Waals surface area contributed by atoms with Crippen LogP contribution in [-0.4, -0.2) is 27.5 Å². The van der Waals surface area contributed by atoms with E-state index >= 15 is 0 Å². The Labute approximate surface area is 257 Å². The zero-order valence-electron chi connectivity index (χ0n) is 22.9. The van der Waals surface area contributed by atoms with Gasteiger partial charge in [0, 0.05) is 51.5 Å². The summed E-state index contributed by atoms with van der Waals surface area (Å²) in [5.74, 6) is -0.624. The van der Waals surface area contributed by atoms with Crippen molar-refractivity contribution in [1.82, 2.24) is 9.99 Å². The van der Waals surface area contributed by atoms with Crippen molar-refractivity contribution in [1.29, 1.82) is 0 Å². The van der Waals surface area contributed by atoms with E-state index < -0.39 is 6.04 Å². The van der Waals surface area contributed by atoms with Gasteiger partial charge in [0.1, 0.15) is 0 Å². The molecule has 6 rings (SSSR count). The van der Waals surface area contributed by atoms with Crippen LogP contribution < -0.4 is 10.9 Å². The summed E-state index contributed by atoms with van der Waals surface area (Å²) in [6.07, 6.45) is 0.227. The van der Waals surface area contributed by atoms with Crippen LogP contribution in [0, 0.1) is 0 Å². The maximum atomic E-state index is 13.7. The number of fused-ring (bicyclic) bond motifs is 1. The molecule has 0 aliphatic carbocycles. The second kappa shape index (κ2) is 12.3. The number of hydrogen-bond donors (Lipinski definition) is 2. The molecule has 0 spiro atoms. The molecule has 2 heterocycles. The van der Waals surface area contributed by atoms with E-state index in [1.807, 2.05) is 66.7 Å². The second-order valence-corrected chi connectivity index (χ2v) is 11.1. The zero-order valence-corrected chi connectivity index (χ0v) is 24.4. The summed E-state index contributed by atoms with van der Waals surface area (Å²) in [5, 5.41) is 10.8. The van der Waals surface area contributed by atoms with Crippen molar-refractivity contribution in [3.05, 3.63) is 135 Å². The number of nitrogens with zero attached hydrogens (tertiary/aromatic N) is 2. The van der Waals surface area contributed by atoms with E-state index in [4.69, 9.17) is 28.3 Å². The van der Waals surface area contributed by atoms with Crippen LogP contribution in [0.15, 0.2) is 113 Å². The maximum absolute atomic E-state index is 13.7. The van der Waals surface area contributed by atoms with Crippen molar-refractivity contribution in [2.45, 2.75) is 25.3 Å². The van der Waals surface area contributed by atoms with Gasteiger partial charge in [0.05, 0.1) is 17.3 Å². The highest BCUT2D eigenvalue weighted by molar-refractivity contribution is 6.31. The van der Waals surface area contributed by atoms with Crippen LogP contribution >= 0.6 is 23.2 Å². The highest BCUT2D eigenvalue weighted by atomic mass is 35.5. The molecule has 5 aromatic rings. The van der Waals surface area contributed by atoms with Crippen molar-refractivity contribution in [3.63, 3.8) is 0 Å². The van der Waals surface area contributed by atoms with Gasteiger partial charge in [0.15, 0.2) is 0 Å². The molecule has 0 radical (unpaired) electrons. The molecule has 0 fully saturated rings. The molecule has 1 atom stereocenters. The summed E-state index contributed by atoms with van der Waals surface area (Å²) in [4.78, 5) is 42.9. The van der Waals surface area contributed by atoms with Crippen molar-refractivity contribution < 1.29 is 9.59 Å². The topological polar surface area (TPSA) is 94.6 Å². The Balaban J connectivity index is 1.37. The number of pyridine rings is 1. The molecule has 9 heteroatoms. The quantitative estimate of drug-likeness (QED) is 0.199. The molecule has 2 N–H and O–H groups in total. The van der Waals surface area contributed by atoms with Crippen molar-refractivity contribution in [2.24, 2.45) is 5.10 Å². The van der Waals surface area contributed by atoms with E-state index in [0.717, 1.165) is 16.5 Å². The van der Waals surface area contributed by atoms with Gasteiger partial charge in [-0.1, -0.05) is 83.9 Å². The average Bonchev–Trinajstić information content (AvgIpc) is 3.47. The third-order valence-corrected chi connectivity index (χ3v) is 7.86. The Bertz CT molecular complexity index is 1910. The lowest BCUT2D eigenvalue weighted by atomic mass is 9.91.